The average molecular weight is 291 g/mol. The van der Waals surface area contributed by atoms with Crippen molar-refractivity contribution in [3.05, 3.63) is 69.2 Å². The van der Waals surface area contributed by atoms with Crippen molar-refractivity contribution >= 4 is 29.3 Å². The summed E-state index contributed by atoms with van der Waals surface area (Å²) in [5.41, 5.74) is 3.60. The summed E-state index contributed by atoms with van der Waals surface area (Å²) in [6, 6.07) is 11.9. The molecule has 0 unspecified atom stereocenters. The van der Waals surface area contributed by atoms with Gasteiger partial charge >= 0.3 is 0 Å². The lowest BCUT2D eigenvalue weighted by atomic mass is 9.93. The first-order valence-corrected chi connectivity index (χ1v) is 6.76. The van der Waals surface area contributed by atoms with Gasteiger partial charge in [0.05, 0.1) is 17.2 Å². The standard InChI is InChI=1S/C16H12Cl2O/c1-19-12-4-6-14-10(8-12)2-5-13(14)11-3-7-15(17)16(18)9-11/h2-9,13H,1H3/t13-/m0/s1. The van der Waals surface area contributed by atoms with E-state index in [1.54, 1.807) is 7.11 Å². The Morgan fingerprint density at radius 2 is 1.84 bits per heavy atom. The van der Waals surface area contributed by atoms with E-state index in [0.717, 1.165) is 11.3 Å². The van der Waals surface area contributed by atoms with Crippen LogP contribution < -0.4 is 4.74 Å². The highest BCUT2D eigenvalue weighted by atomic mass is 35.5. The first-order chi connectivity index (χ1) is 9.19. The minimum Gasteiger partial charge on any atom is -0.497 e. The summed E-state index contributed by atoms with van der Waals surface area (Å²) in [4.78, 5) is 0. The normalized spacial score (nSPS) is 16.5. The van der Waals surface area contributed by atoms with E-state index in [-0.39, 0.29) is 5.92 Å². The Bertz CT molecular complexity index is 662. The van der Waals surface area contributed by atoms with Crippen LogP contribution in [0.1, 0.15) is 22.6 Å². The molecule has 0 aromatic heterocycles. The lowest BCUT2D eigenvalue weighted by Gasteiger charge is -2.13. The third-order valence-electron chi connectivity index (χ3n) is 3.40. The molecule has 2 aromatic carbocycles. The lowest BCUT2D eigenvalue weighted by molar-refractivity contribution is 0.414. The maximum atomic E-state index is 6.09. The zero-order chi connectivity index (χ0) is 13.4. The van der Waals surface area contributed by atoms with Crippen molar-refractivity contribution in [2.24, 2.45) is 0 Å². The number of halogens is 2. The Labute approximate surface area is 122 Å². The summed E-state index contributed by atoms with van der Waals surface area (Å²) in [5.74, 6) is 1.11. The number of benzene rings is 2. The van der Waals surface area contributed by atoms with Gasteiger partial charge in [-0.1, -0.05) is 47.5 Å². The van der Waals surface area contributed by atoms with Crippen LogP contribution >= 0.6 is 23.2 Å². The number of allylic oxidation sites excluding steroid dienone is 1. The zero-order valence-electron chi connectivity index (χ0n) is 10.4. The summed E-state index contributed by atoms with van der Waals surface area (Å²) in [6.45, 7) is 0. The summed E-state index contributed by atoms with van der Waals surface area (Å²) >= 11 is 12.1. The highest BCUT2D eigenvalue weighted by Gasteiger charge is 2.20. The Morgan fingerprint density at radius 1 is 1.00 bits per heavy atom. The summed E-state index contributed by atoms with van der Waals surface area (Å²) in [5, 5.41) is 1.18. The first-order valence-electron chi connectivity index (χ1n) is 6.00. The van der Waals surface area contributed by atoms with Gasteiger partial charge < -0.3 is 4.74 Å². The van der Waals surface area contributed by atoms with Crippen LogP contribution in [-0.2, 0) is 0 Å². The maximum Gasteiger partial charge on any atom is 0.119 e. The Hall–Kier alpha value is -1.44. The molecule has 0 bridgehead atoms. The van der Waals surface area contributed by atoms with E-state index >= 15 is 0 Å². The second kappa shape index (κ2) is 4.92. The molecule has 0 saturated heterocycles. The van der Waals surface area contributed by atoms with Crippen molar-refractivity contribution in [3.63, 3.8) is 0 Å². The van der Waals surface area contributed by atoms with Crippen molar-refractivity contribution in [2.75, 3.05) is 7.11 Å². The quantitative estimate of drug-likeness (QED) is 0.742. The molecule has 1 atom stereocenters. The highest BCUT2D eigenvalue weighted by Crippen LogP contribution is 2.38. The third kappa shape index (κ3) is 2.24. The molecule has 0 amide bonds. The molecule has 0 N–H and O–H groups in total. The van der Waals surface area contributed by atoms with Crippen molar-refractivity contribution in [1.82, 2.24) is 0 Å². The monoisotopic (exact) mass is 290 g/mol. The smallest absolute Gasteiger partial charge is 0.119 e. The number of rotatable bonds is 2. The predicted octanol–water partition coefficient (Wildman–Crippen LogP) is 5.16. The van der Waals surface area contributed by atoms with Crippen molar-refractivity contribution < 1.29 is 4.74 Å². The van der Waals surface area contributed by atoms with Crippen LogP contribution in [0.15, 0.2) is 42.5 Å². The third-order valence-corrected chi connectivity index (χ3v) is 4.14. The van der Waals surface area contributed by atoms with Gasteiger partial charge in [0, 0.05) is 5.92 Å². The Kier molecular flexibility index (Phi) is 3.26. The molecule has 0 spiro atoms. The molecule has 0 radical (unpaired) electrons. The second-order valence-electron chi connectivity index (χ2n) is 4.51. The van der Waals surface area contributed by atoms with E-state index in [1.165, 1.54) is 11.1 Å². The van der Waals surface area contributed by atoms with Gasteiger partial charge in [-0.3, -0.25) is 0 Å². The number of fused-ring (bicyclic) bond motifs is 1. The summed E-state index contributed by atoms with van der Waals surface area (Å²) in [6.07, 6.45) is 4.29. The van der Waals surface area contributed by atoms with Crippen LogP contribution in [-0.4, -0.2) is 7.11 Å². The van der Waals surface area contributed by atoms with E-state index in [1.807, 2.05) is 30.3 Å². The molecule has 0 saturated carbocycles. The molecule has 1 nitrogen and oxygen atoms in total. The maximum absolute atomic E-state index is 6.09. The Balaban J connectivity index is 2.02. The largest absolute Gasteiger partial charge is 0.497 e. The molecule has 19 heavy (non-hydrogen) atoms. The number of hydrogen-bond acceptors (Lipinski definition) is 1. The summed E-state index contributed by atoms with van der Waals surface area (Å²) < 4.78 is 5.24. The number of methoxy groups -OCH3 is 1. The van der Waals surface area contributed by atoms with Gasteiger partial charge in [-0.15, -0.1) is 0 Å². The topological polar surface area (TPSA) is 9.23 Å². The zero-order valence-corrected chi connectivity index (χ0v) is 11.9. The summed E-state index contributed by atoms with van der Waals surface area (Å²) in [7, 11) is 1.68. The van der Waals surface area contributed by atoms with Gasteiger partial charge in [-0.05, 0) is 41.0 Å². The van der Waals surface area contributed by atoms with Crippen LogP contribution in [0.25, 0.3) is 6.08 Å². The fourth-order valence-corrected chi connectivity index (χ4v) is 2.71. The molecule has 1 aliphatic carbocycles. The molecular formula is C16H12Cl2O. The highest BCUT2D eigenvalue weighted by molar-refractivity contribution is 6.42. The van der Waals surface area contributed by atoms with Gasteiger partial charge in [0.25, 0.3) is 0 Å². The van der Waals surface area contributed by atoms with Gasteiger partial charge in [-0.25, -0.2) is 0 Å². The molecule has 3 heteroatoms. The van der Waals surface area contributed by atoms with E-state index in [9.17, 15) is 0 Å². The predicted molar refractivity (Wildman–Crippen MR) is 80.3 cm³/mol. The van der Waals surface area contributed by atoms with Crippen LogP contribution in [0.4, 0.5) is 0 Å². The van der Waals surface area contributed by atoms with Crippen LogP contribution in [0.3, 0.4) is 0 Å². The van der Waals surface area contributed by atoms with Gasteiger partial charge in [0.2, 0.25) is 0 Å². The molecule has 1 aliphatic rings. The van der Waals surface area contributed by atoms with Gasteiger partial charge in [-0.2, -0.15) is 0 Å². The van der Waals surface area contributed by atoms with E-state index in [0.29, 0.717) is 10.0 Å². The fourth-order valence-electron chi connectivity index (χ4n) is 2.41. The molecular weight excluding hydrogens is 279 g/mol. The van der Waals surface area contributed by atoms with Gasteiger partial charge in [0.15, 0.2) is 0 Å². The molecule has 2 aromatic rings. The second-order valence-corrected chi connectivity index (χ2v) is 5.32. The van der Waals surface area contributed by atoms with E-state index in [4.69, 9.17) is 27.9 Å². The van der Waals surface area contributed by atoms with Crippen LogP contribution in [0.2, 0.25) is 10.0 Å². The SMILES string of the molecule is COc1ccc2c(c1)C=C[C@H]2c1ccc(Cl)c(Cl)c1. The average Bonchev–Trinajstić information content (AvgIpc) is 2.84. The van der Waals surface area contributed by atoms with Crippen LogP contribution in [0.5, 0.6) is 5.75 Å². The lowest BCUT2D eigenvalue weighted by Crippen LogP contribution is -1.96. The number of ether oxygens (including phenoxy) is 1. The molecule has 0 heterocycles. The minimum atomic E-state index is 0.232. The Morgan fingerprint density at radius 3 is 2.58 bits per heavy atom. The van der Waals surface area contributed by atoms with Crippen LogP contribution in [0, 0.1) is 0 Å². The molecule has 96 valence electrons. The van der Waals surface area contributed by atoms with E-state index < -0.39 is 0 Å². The molecule has 0 aliphatic heterocycles. The minimum absolute atomic E-state index is 0.232. The van der Waals surface area contributed by atoms with Gasteiger partial charge in [0.1, 0.15) is 5.75 Å². The fraction of sp³-hybridized carbons (Fsp3) is 0.125. The van der Waals surface area contributed by atoms with Crippen molar-refractivity contribution in [1.29, 1.82) is 0 Å². The molecule has 3 rings (SSSR count). The van der Waals surface area contributed by atoms with Crippen molar-refractivity contribution in [3.8, 4) is 5.75 Å². The molecule has 0 fully saturated rings. The number of hydrogen-bond donors (Lipinski definition) is 0. The van der Waals surface area contributed by atoms with E-state index in [2.05, 4.69) is 18.2 Å². The van der Waals surface area contributed by atoms with Crippen molar-refractivity contribution in [2.45, 2.75) is 5.92 Å². The first kappa shape index (κ1) is 12.6.